The predicted octanol–water partition coefficient (Wildman–Crippen LogP) is -0.221. The fourth-order valence-corrected chi connectivity index (χ4v) is 0.687. The average molecular weight is 148 g/mol. The van der Waals surface area contributed by atoms with Gasteiger partial charge in [-0.25, -0.2) is 0 Å². The largest absolute Gasteiger partial charge is 0.412 e. The first-order valence-electron chi connectivity index (χ1n) is 2.99. The Labute approximate surface area is 59.5 Å². The highest BCUT2D eigenvalue weighted by Gasteiger charge is 1.94. The van der Waals surface area contributed by atoms with Crippen LogP contribution in [-0.4, -0.2) is 24.8 Å². The second kappa shape index (κ2) is 11.1. The number of ether oxygens (including phenoxy) is 1. The van der Waals surface area contributed by atoms with Crippen LogP contribution < -0.4 is 0 Å². The molecule has 4 nitrogen and oxygen atoms in total. The van der Waals surface area contributed by atoms with Crippen LogP contribution in [0.3, 0.4) is 0 Å². The van der Waals surface area contributed by atoms with E-state index in [4.69, 9.17) is 14.3 Å². The summed E-state index contributed by atoms with van der Waals surface area (Å²) in [4.78, 5) is 16.2. The summed E-state index contributed by atoms with van der Waals surface area (Å²) in [5.74, 6) is 0. The summed E-state index contributed by atoms with van der Waals surface area (Å²) >= 11 is 0. The molecule has 1 rings (SSSR count). The summed E-state index contributed by atoms with van der Waals surface area (Å²) in [5.41, 5.74) is 0. The lowest BCUT2D eigenvalue weighted by Crippen LogP contribution is -2.03. The zero-order chi connectivity index (χ0) is 6.95. The third-order valence-corrected chi connectivity index (χ3v) is 1.08. The van der Waals surface area contributed by atoms with Crippen LogP contribution in [0.25, 0.3) is 0 Å². The van der Waals surface area contributed by atoms with Gasteiger partial charge in [-0.05, 0) is 19.3 Å². The third-order valence-electron chi connectivity index (χ3n) is 1.08. The van der Waals surface area contributed by atoms with E-state index in [-0.39, 0.29) is 11.6 Å². The van der Waals surface area contributed by atoms with E-state index in [0.29, 0.717) is 0 Å². The van der Waals surface area contributed by atoms with Gasteiger partial charge in [0.2, 0.25) is 0 Å². The lowest BCUT2D eigenvalue weighted by Gasteiger charge is -2.08. The zero-order valence-electron chi connectivity index (χ0n) is 5.76. The first-order chi connectivity index (χ1) is 4.41. The van der Waals surface area contributed by atoms with Gasteiger partial charge in [0.15, 0.2) is 0 Å². The van der Waals surface area contributed by atoms with Gasteiger partial charge in [0.05, 0.1) is 0 Å². The Balaban J connectivity index is 0. The van der Waals surface area contributed by atoms with Crippen molar-refractivity contribution >= 4 is 6.15 Å². The van der Waals surface area contributed by atoms with Crippen LogP contribution in [0.15, 0.2) is 0 Å². The van der Waals surface area contributed by atoms with E-state index in [1.807, 2.05) is 0 Å². The van der Waals surface area contributed by atoms with Gasteiger partial charge in [0.25, 0.3) is 0 Å². The SMILES string of the molecule is C1CCOCC1.O.O=C=O. The van der Waals surface area contributed by atoms with Crippen LogP contribution in [0.1, 0.15) is 19.3 Å². The van der Waals surface area contributed by atoms with Crippen LogP contribution in [0.5, 0.6) is 0 Å². The topological polar surface area (TPSA) is 74.9 Å². The van der Waals surface area contributed by atoms with Crippen molar-refractivity contribution in [1.82, 2.24) is 0 Å². The highest BCUT2D eigenvalue weighted by atomic mass is 16.5. The molecule has 0 amide bonds. The minimum Gasteiger partial charge on any atom is -0.412 e. The molecule has 0 aliphatic carbocycles. The van der Waals surface area contributed by atoms with Crippen LogP contribution in [-0.2, 0) is 14.3 Å². The Hall–Kier alpha value is -0.700. The van der Waals surface area contributed by atoms with E-state index in [2.05, 4.69) is 0 Å². The second-order valence-corrected chi connectivity index (χ2v) is 1.76. The Morgan fingerprint density at radius 1 is 1.00 bits per heavy atom. The van der Waals surface area contributed by atoms with Crippen molar-refractivity contribution in [2.45, 2.75) is 19.3 Å². The third kappa shape index (κ3) is 10.3. The number of rotatable bonds is 0. The molecule has 1 aliphatic heterocycles. The molecule has 1 heterocycles. The van der Waals surface area contributed by atoms with Crippen LogP contribution in [0.2, 0.25) is 0 Å². The molecule has 1 fully saturated rings. The fourth-order valence-electron chi connectivity index (χ4n) is 0.687. The molecule has 1 saturated heterocycles. The summed E-state index contributed by atoms with van der Waals surface area (Å²) < 4.78 is 5.07. The summed E-state index contributed by atoms with van der Waals surface area (Å²) in [6.45, 7) is 2.00. The Kier molecular flexibility index (Phi) is 13.4. The smallest absolute Gasteiger partial charge is 0.373 e. The highest BCUT2D eigenvalue weighted by molar-refractivity contribution is 5.20. The fraction of sp³-hybridized carbons (Fsp3) is 0.833. The second-order valence-electron chi connectivity index (χ2n) is 1.76. The Morgan fingerprint density at radius 3 is 1.50 bits per heavy atom. The molecule has 4 heteroatoms. The lowest BCUT2D eigenvalue weighted by atomic mass is 10.2. The molecule has 60 valence electrons. The molecular formula is C6H12O4. The predicted molar refractivity (Wildman–Crippen MR) is 33.3 cm³/mol. The molecule has 0 bridgehead atoms. The molecule has 0 saturated carbocycles. The monoisotopic (exact) mass is 148 g/mol. The van der Waals surface area contributed by atoms with E-state index in [0.717, 1.165) is 13.2 Å². The van der Waals surface area contributed by atoms with Crippen molar-refractivity contribution in [3.05, 3.63) is 0 Å². The molecule has 1 aliphatic rings. The molecule has 0 aromatic rings. The van der Waals surface area contributed by atoms with Crippen LogP contribution in [0, 0.1) is 0 Å². The summed E-state index contributed by atoms with van der Waals surface area (Å²) in [7, 11) is 0. The van der Waals surface area contributed by atoms with Crippen molar-refractivity contribution < 1.29 is 19.8 Å². The van der Waals surface area contributed by atoms with Crippen molar-refractivity contribution in [2.24, 2.45) is 0 Å². The van der Waals surface area contributed by atoms with E-state index in [9.17, 15) is 0 Å². The van der Waals surface area contributed by atoms with Crippen molar-refractivity contribution in [3.63, 3.8) is 0 Å². The van der Waals surface area contributed by atoms with Gasteiger partial charge < -0.3 is 10.2 Å². The van der Waals surface area contributed by atoms with E-state index < -0.39 is 0 Å². The maximum atomic E-state index is 8.12. The number of hydrogen-bond acceptors (Lipinski definition) is 3. The van der Waals surface area contributed by atoms with Gasteiger partial charge in [-0.15, -0.1) is 0 Å². The van der Waals surface area contributed by atoms with Gasteiger partial charge in [0, 0.05) is 13.2 Å². The van der Waals surface area contributed by atoms with E-state index in [1.54, 1.807) is 0 Å². The Morgan fingerprint density at radius 2 is 1.40 bits per heavy atom. The Bertz CT molecular complexity index is 70.2. The van der Waals surface area contributed by atoms with Gasteiger partial charge in [-0.3, -0.25) is 0 Å². The maximum Gasteiger partial charge on any atom is 0.373 e. The molecule has 2 N–H and O–H groups in total. The van der Waals surface area contributed by atoms with Crippen molar-refractivity contribution in [2.75, 3.05) is 13.2 Å². The van der Waals surface area contributed by atoms with Gasteiger partial charge >= 0.3 is 6.15 Å². The molecular weight excluding hydrogens is 136 g/mol. The molecule has 0 radical (unpaired) electrons. The number of hydrogen-bond donors (Lipinski definition) is 0. The lowest BCUT2D eigenvalue weighted by molar-refractivity contribution is -0.191. The van der Waals surface area contributed by atoms with Gasteiger partial charge in [-0.1, -0.05) is 0 Å². The molecule has 0 atom stereocenters. The normalized spacial score (nSPS) is 15.2. The molecule has 0 aromatic carbocycles. The average Bonchev–Trinajstić information content (AvgIpc) is 1.93. The molecule has 10 heavy (non-hydrogen) atoms. The van der Waals surface area contributed by atoms with Crippen molar-refractivity contribution in [3.8, 4) is 0 Å². The van der Waals surface area contributed by atoms with E-state index >= 15 is 0 Å². The van der Waals surface area contributed by atoms with Crippen LogP contribution >= 0.6 is 0 Å². The molecule has 0 aromatic heterocycles. The zero-order valence-corrected chi connectivity index (χ0v) is 5.76. The first-order valence-corrected chi connectivity index (χ1v) is 2.99. The molecule has 0 unspecified atom stereocenters. The maximum absolute atomic E-state index is 8.12. The summed E-state index contributed by atoms with van der Waals surface area (Å²) in [6, 6.07) is 0. The van der Waals surface area contributed by atoms with Gasteiger partial charge in [0.1, 0.15) is 0 Å². The highest BCUT2D eigenvalue weighted by Crippen LogP contribution is 2.02. The minimum atomic E-state index is 0. The van der Waals surface area contributed by atoms with Crippen LogP contribution in [0.4, 0.5) is 0 Å². The van der Waals surface area contributed by atoms with Crippen molar-refractivity contribution in [1.29, 1.82) is 0 Å². The first kappa shape index (κ1) is 12.0. The number of carbonyl (C=O) groups excluding carboxylic acids is 2. The molecule has 0 spiro atoms. The summed E-state index contributed by atoms with van der Waals surface area (Å²) in [6.07, 6.45) is 4.18. The summed E-state index contributed by atoms with van der Waals surface area (Å²) in [5, 5.41) is 0. The van der Waals surface area contributed by atoms with Gasteiger partial charge in [-0.2, -0.15) is 9.59 Å². The standard InChI is InChI=1S/C5H10O.CO2.H2O/c1-2-4-6-5-3-1;2-1-3;/h1-5H2;;1H2. The minimum absolute atomic E-state index is 0. The quantitative estimate of drug-likeness (QED) is 0.476. The van der Waals surface area contributed by atoms with E-state index in [1.165, 1.54) is 19.3 Å².